The van der Waals surface area contributed by atoms with Gasteiger partial charge in [0.2, 0.25) is 0 Å². The second-order valence-electron chi connectivity index (χ2n) is 2.43. The molecule has 0 aliphatic carbocycles. The van der Waals surface area contributed by atoms with Gasteiger partial charge < -0.3 is 10.6 Å². The largest absolute Gasteiger partial charge is 0.327 e. The van der Waals surface area contributed by atoms with E-state index in [2.05, 4.69) is 44.8 Å². The van der Waals surface area contributed by atoms with Gasteiger partial charge in [-0.25, -0.2) is 4.68 Å². The van der Waals surface area contributed by atoms with Gasteiger partial charge in [-0.3, -0.25) is 0 Å². The highest BCUT2D eigenvalue weighted by Gasteiger charge is 2.16. The summed E-state index contributed by atoms with van der Waals surface area (Å²) >= 11 is 3.35. The molecule has 2 rings (SSSR count). The number of halogens is 1. The highest BCUT2D eigenvalue weighted by atomic mass is 79.9. The lowest BCUT2D eigenvalue weighted by Crippen LogP contribution is -2.27. The lowest BCUT2D eigenvalue weighted by molar-refractivity contribution is 0.812. The number of fused-ring (bicyclic) bond motifs is 1. The summed E-state index contributed by atoms with van der Waals surface area (Å²) in [6.07, 6.45) is 1.70. The van der Waals surface area contributed by atoms with Crippen LogP contribution in [0.3, 0.4) is 0 Å². The molecule has 0 atom stereocenters. The Morgan fingerprint density at radius 1 is 1.42 bits per heavy atom. The third-order valence-corrected chi connectivity index (χ3v) is 2.13. The fourth-order valence-electron chi connectivity index (χ4n) is 1.05. The molecule has 1 aromatic rings. The van der Waals surface area contributed by atoms with Gasteiger partial charge in [0.05, 0.1) is 10.7 Å². The first-order chi connectivity index (χ1) is 5.68. The second kappa shape index (κ2) is 2.38. The molecule has 0 bridgehead atoms. The molecule has 2 N–H and O–H groups in total. The van der Waals surface area contributed by atoms with Crippen LogP contribution < -0.4 is 10.6 Å². The number of nitrogens with zero attached hydrogens (tertiary/aromatic N) is 2. The molecule has 1 aliphatic rings. The number of hydrogen-bond donors (Lipinski definition) is 2. The minimum Gasteiger partial charge on any atom is -0.327 e. The van der Waals surface area contributed by atoms with Crippen molar-refractivity contribution in [3.63, 3.8) is 0 Å². The number of anilines is 1. The Labute approximate surface area is 78.1 Å². The Balaban J connectivity index is 2.57. The number of rotatable bonds is 0. The number of aromatic nitrogens is 2. The fraction of sp³-hybridized carbons (Fsp3) is 0. The molecule has 0 aromatic carbocycles. The van der Waals surface area contributed by atoms with E-state index in [0.717, 1.165) is 10.3 Å². The SMILES string of the molecule is C=C1NC(=C)n2ncc(Br)c2N1. The highest BCUT2D eigenvalue weighted by molar-refractivity contribution is 9.10. The first kappa shape index (κ1) is 7.42. The summed E-state index contributed by atoms with van der Waals surface area (Å²) in [5, 5.41) is 10.0. The molecule has 5 heteroatoms. The van der Waals surface area contributed by atoms with E-state index < -0.39 is 0 Å². The number of hydrogen-bond acceptors (Lipinski definition) is 3. The fourth-order valence-corrected chi connectivity index (χ4v) is 1.41. The molecular weight excluding hydrogens is 220 g/mol. The quantitative estimate of drug-likeness (QED) is 0.706. The maximum absolute atomic E-state index is 4.08. The van der Waals surface area contributed by atoms with Crippen LogP contribution in [0.4, 0.5) is 5.82 Å². The Morgan fingerprint density at radius 2 is 2.17 bits per heavy atom. The molecule has 0 unspecified atom stereocenters. The summed E-state index contributed by atoms with van der Waals surface area (Å²) in [5.74, 6) is 2.25. The average Bonchev–Trinajstić information content (AvgIpc) is 2.33. The Hall–Kier alpha value is -1.23. The standard InChI is InChI=1S/C7H7BrN4/c1-4-10-5(2)12-7(11-4)6(8)3-9-12/h3,10-11H,1-2H2. The third kappa shape index (κ3) is 0.937. The van der Waals surface area contributed by atoms with Crippen molar-refractivity contribution in [1.82, 2.24) is 15.1 Å². The second-order valence-corrected chi connectivity index (χ2v) is 3.28. The lowest BCUT2D eigenvalue weighted by atomic mass is 10.5. The van der Waals surface area contributed by atoms with Crippen LogP contribution in [0, 0.1) is 0 Å². The molecule has 0 fully saturated rings. The van der Waals surface area contributed by atoms with E-state index in [1.165, 1.54) is 0 Å². The molecule has 4 nitrogen and oxygen atoms in total. The van der Waals surface area contributed by atoms with E-state index >= 15 is 0 Å². The van der Waals surface area contributed by atoms with Crippen LogP contribution in [0.15, 0.2) is 29.6 Å². The van der Waals surface area contributed by atoms with Crippen molar-refractivity contribution in [1.29, 1.82) is 0 Å². The smallest absolute Gasteiger partial charge is 0.151 e. The number of nitrogens with one attached hydrogen (secondary N) is 2. The lowest BCUT2D eigenvalue weighted by Gasteiger charge is -2.21. The molecular formula is C7H7BrN4. The minimum absolute atomic E-state index is 0.694. The van der Waals surface area contributed by atoms with Crippen molar-refractivity contribution in [2.24, 2.45) is 0 Å². The predicted octanol–water partition coefficient (Wildman–Crippen LogP) is 1.56. The zero-order chi connectivity index (χ0) is 8.72. The van der Waals surface area contributed by atoms with E-state index in [-0.39, 0.29) is 0 Å². The summed E-state index contributed by atoms with van der Waals surface area (Å²) in [6.45, 7) is 7.53. The highest BCUT2D eigenvalue weighted by Crippen LogP contribution is 2.27. The van der Waals surface area contributed by atoms with E-state index in [9.17, 15) is 0 Å². The third-order valence-electron chi connectivity index (χ3n) is 1.54. The van der Waals surface area contributed by atoms with Gasteiger partial charge in [-0.05, 0) is 15.9 Å². The Bertz CT molecular complexity index is 365. The molecule has 62 valence electrons. The molecule has 1 aromatic heterocycles. The molecule has 0 saturated heterocycles. The minimum atomic E-state index is 0.694. The Morgan fingerprint density at radius 3 is 2.92 bits per heavy atom. The molecule has 0 radical (unpaired) electrons. The molecule has 1 aliphatic heterocycles. The first-order valence-corrected chi connectivity index (χ1v) is 4.13. The maximum Gasteiger partial charge on any atom is 0.151 e. The van der Waals surface area contributed by atoms with Crippen LogP contribution >= 0.6 is 15.9 Å². The zero-order valence-electron chi connectivity index (χ0n) is 6.26. The van der Waals surface area contributed by atoms with Gasteiger partial charge in [-0.1, -0.05) is 13.2 Å². The summed E-state index contributed by atoms with van der Waals surface area (Å²) in [5.41, 5.74) is 0. The summed E-state index contributed by atoms with van der Waals surface area (Å²) in [4.78, 5) is 0. The van der Waals surface area contributed by atoms with Crippen LogP contribution in [0.5, 0.6) is 0 Å². The molecule has 0 spiro atoms. The van der Waals surface area contributed by atoms with Gasteiger partial charge in [0, 0.05) is 0 Å². The van der Waals surface area contributed by atoms with E-state index in [1.54, 1.807) is 10.9 Å². The first-order valence-electron chi connectivity index (χ1n) is 3.34. The van der Waals surface area contributed by atoms with Gasteiger partial charge in [0.15, 0.2) is 5.82 Å². The van der Waals surface area contributed by atoms with Crippen molar-refractivity contribution in [3.8, 4) is 0 Å². The van der Waals surface area contributed by atoms with Gasteiger partial charge in [-0.15, -0.1) is 0 Å². The summed E-state index contributed by atoms with van der Waals surface area (Å²) < 4.78 is 2.56. The van der Waals surface area contributed by atoms with Crippen LogP contribution in [0.25, 0.3) is 5.82 Å². The van der Waals surface area contributed by atoms with Crippen molar-refractivity contribution in [2.75, 3.05) is 5.32 Å². The summed E-state index contributed by atoms with van der Waals surface area (Å²) in [6, 6.07) is 0. The predicted molar refractivity (Wildman–Crippen MR) is 51.2 cm³/mol. The van der Waals surface area contributed by atoms with Gasteiger partial charge in [0.25, 0.3) is 0 Å². The van der Waals surface area contributed by atoms with Crippen LogP contribution in [0.2, 0.25) is 0 Å². The van der Waals surface area contributed by atoms with Gasteiger partial charge in [-0.2, -0.15) is 5.10 Å². The van der Waals surface area contributed by atoms with Crippen molar-refractivity contribution in [2.45, 2.75) is 0 Å². The van der Waals surface area contributed by atoms with Gasteiger partial charge in [0.1, 0.15) is 11.6 Å². The van der Waals surface area contributed by atoms with Crippen molar-refractivity contribution < 1.29 is 0 Å². The topological polar surface area (TPSA) is 41.9 Å². The monoisotopic (exact) mass is 226 g/mol. The maximum atomic E-state index is 4.08. The van der Waals surface area contributed by atoms with Crippen LogP contribution in [-0.2, 0) is 0 Å². The van der Waals surface area contributed by atoms with Crippen LogP contribution in [-0.4, -0.2) is 9.78 Å². The zero-order valence-corrected chi connectivity index (χ0v) is 7.85. The molecule has 2 heterocycles. The van der Waals surface area contributed by atoms with Crippen molar-refractivity contribution >= 4 is 27.6 Å². The Kier molecular flexibility index (Phi) is 1.47. The molecule has 0 saturated carbocycles. The van der Waals surface area contributed by atoms with Crippen LogP contribution in [0.1, 0.15) is 0 Å². The van der Waals surface area contributed by atoms with Crippen molar-refractivity contribution in [3.05, 3.63) is 29.6 Å². The van der Waals surface area contributed by atoms with E-state index in [1.807, 2.05) is 0 Å². The van der Waals surface area contributed by atoms with Gasteiger partial charge >= 0.3 is 0 Å². The molecule has 12 heavy (non-hydrogen) atoms. The average molecular weight is 227 g/mol. The summed E-state index contributed by atoms with van der Waals surface area (Å²) in [7, 11) is 0. The normalized spacial score (nSPS) is 15.1. The molecule has 0 amide bonds. The van der Waals surface area contributed by atoms with E-state index in [0.29, 0.717) is 11.6 Å². The van der Waals surface area contributed by atoms with E-state index in [4.69, 9.17) is 0 Å².